The zero-order valence-corrected chi connectivity index (χ0v) is 19.7. The third-order valence-electron chi connectivity index (χ3n) is 4.96. The summed E-state index contributed by atoms with van der Waals surface area (Å²) in [5, 5.41) is 19.3. The van der Waals surface area contributed by atoms with Crippen LogP contribution in [0.1, 0.15) is 32.7 Å². The molecule has 3 nitrogen and oxygen atoms in total. The number of hydrogen-bond donors (Lipinski definition) is 2. The van der Waals surface area contributed by atoms with E-state index in [1.807, 2.05) is 23.6 Å². The van der Waals surface area contributed by atoms with Crippen LogP contribution in [0, 0.1) is 27.7 Å². The number of oxime groups is 1. The number of rotatable bonds is 4. The molecule has 28 heavy (non-hydrogen) atoms. The molecule has 0 radical (unpaired) electrons. The fourth-order valence-corrected chi connectivity index (χ4v) is 5.08. The smallest absolute Gasteiger partial charge is 0.130 e. The summed E-state index contributed by atoms with van der Waals surface area (Å²) < 4.78 is 1.14. The Bertz CT molecular complexity index is 1060. The van der Waals surface area contributed by atoms with Crippen molar-refractivity contribution in [2.75, 3.05) is 5.32 Å². The van der Waals surface area contributed by atoms with Gasteiger partial charge in [0.15, 0.2) is 0 Å². The van der Waals surface area contributed by atoms with Gasteiger partial charge in [-0.3, -0.25) is 0 Å². The maximum atomic E-state index is 9.52. The van der Waals surface area contributed by atoms with E-state index in [1.165, 1.54) is 33.6 Å². The Labute approximate surface area is 187 Å². The lowest BCUT2D eigenvalue weighted by atomic mass is 9.98. The van der Waals surface area contributed by atoms with Gasteiger partial charge in [-0.15, -0.1) is 11.3 Å². The second-order valence-electron chi connectivity index (χ2n) is 6.55. The molecule has 0 saturated carbocycles. The van der Waals surface area contributed by atoms with Crippen molar-refractivity contribution < 1.29 is 5.21 Å². The van der Waals surface area contributed by atoms with E-state index < -0.39 is 0 Å². The van der Waals surface area contributed by atoms with Crippen molar-refractivity contribution >= 4 is 67.6 Å². The summed E-state index contributed by atoms with van der Waals surface area (Å²) in [6.45, 7) is 8.39. The molecule has 0 atom stereocenters. The Kier molecular flexibility index (Phi) is 6.40. The van der Waals surface area contributed by atoms with E-state index in [-0.39, 0.29) is 0 Å². The van der Waals surface area contributed by atoms with Gasteiger partial charge < -0.3 is 10.5 Å². The molecular weight excluding hydrogens is 479 g/mol. The molecule has 0 amide bonds. The number of nitrogens with zero attached hydrogens (tertiary/aromatic N) is 1. The lowest BCUT2D eigenvalue weighted by Crippen LogP contribution is -2.05. The van der Waals surface area contributed by atoms with Gasteiger partial charge in [0.25, 0.3) is 0 Å². The molecule has 1 aromatic heterocycles. The maximum absolute atomic E-state index is 9.52. The van der Waals surface area contributed by atoms with Crippen molar-refractivity contribution in [1.82, 2.24) is 0 Å². The van der Waals surface area contributed by atoms with Crippen molar-refractivity contribution in [3.63, 3.8) is 0 Å². The van der Waals surface area contributed by atoms with E-state index in [0.717, 1.165) is 15.8 Å². The van der Waals surface area contributed by atoms with Crippen LogP contribution in [0.25, 0.3) is 0 Å². The molecule has 2 aromatic carbocycles. The molecule has 2 N–H and O–H groups in total. The monoisotopic (exact) mass is 496 g/mol. The van der Waals surface area contributed by atoms with E-state index >= 15 is 0 Å². The lowest BCUT2D eigenvalue weighted by molar-refractivity contribution is 0.320. The number of anilines is 2. The molecule has 0 saturated heterocycles. The molecule has 3 aromatic rings. The van der Waals surface area contributed by atoms with Gasteiger partial charge in [-0.05, 0) is 79.6 Å². The first kappa shape index (κ1) is 21.2. The highest BCUT2D eigenvalue weighted by atomic mass is 79.9. The van der Waals surface area contributed by atoms with E-state index in [4.69, 9.17) is 23.2 Å². The van der Waals surface area contributed by atoms with Crippen LogP contribution in [0.2, 0.25) is 10.0 Å². The van der Waals surface area contributed by atoms with Crippen LogP contribution in [0.15, 0.2) is 39.3 Å². The summed E-state index contributed by atoms with van der Waals surface area (Å²) in [6, 6.07) is 7.34. The average molecular weight is 498 g/mol. The van der Waals surface area contributed by atoms with E-state index in [0.29, 0.717) is 26.2 Å². The lowest BCUT2D eigenvalue weighted by Gasteiger charge is -2.19. The highest BCUT2D eigenvalue weighted by molar-refractivity contribution is 9.10. The van der Waals surface area contributed by atoms with E-state index in [1.54, 1.807) is 6.07 Å². The zero-order valence-electron chi connectivity index (χ0n) is 15.8. The third kappa shape index (κ3) is 3.81. The highest BCUT2D eigenvalue weighted by Gasteiger charge is 2.18. The van der Waals surface area contributed by atoms with Crippen molar-refractivity contribution in [2.45, 2.75) is 27.7 Å². The molecule has 0 unspecified atom stereocenters. The predicted octanol–water partition coefficient (Wildman–Crippen LogP) is 8.02. The van der Waals surface area contributed by atoms with Crippen LogP contribution in [0.4, 0.5) is 11.4 Å². The van der Waals surface area contributed by atoms with Crippen LogP contribution in [0.5, 0.6) is 0 Å². The number of thiophene rings is 1. The van der Waals surface area contributed by atoms with Crippen LogP contribution >= 0.6 is 50.5 Å². The third-order valence-corrected chi connectivity index (χ3v) is 7.81. The molecule has 1 heterocycles. The summed E-state index contributed by atoms with van der Waals surface area (Å²) in [4.78, 5) is 0.678. The minimum Gasteiger partial charge on any atom is -0.410 e. The van der Waals surface area contributed by atoms with Gasteiger partial charge in [0.1, 0.15) is 5.71 Å². The van der Waals surface area contributed by atoms with Crippen molar-refractivity contribution in [2.24, 2.45) is 5.16 Å². The summed E-state index contributed by atoms with van der Waals surface area (Å²) in [6.07, 6.45) is 0. The second-order valence-corrected chi connectivity index (χ2v) is 9.08. The normalized spacial score (nSPS) is 11.8. The molecule has 0 fully saturated rings. The fourth-order valence-electron chi connectivity index (χ4n) is 3.07. The van der Waals surface area contributed by atoms with E-state index in [9.17, 15) is 5.21 Å². The first-order valence-electron chi connectivity index (χ1n) is 8.54. The van der Waals surface area contributed by atoms with Gasteiger partial charge in [-0.2, -0.15) is 0 Å². The summed E-state index contributed by atoms with van der Waals surface area (Å²) in [7, 11) is 0. The molecule has 146 valence electrons. The Morgan fingerprint density at radius 3 is 2.14 bits per heavy atom. The number of halogens is 3. The first-order valence-corrected chi connectivity index (χ1v) is 11.0. The molecule has 0 aliphatic heterocycles. The van der Waals surface area contributed by atoms with Gasteiger partial charge in [0.2, 0.25) is 0 Å². The summed E-state index contributed by atoms with van der Waals surface area (Å²) >= 11 is 17.8. The Balaban J connectivity index is 2.00. The van der Waals surface area contributed by atoms with Gasteiger partial charge in [-0.1, -0.05) is 44.3 Å². The van der Waals surface area contributed by atoms with Crippen LogP contribution in [-0.4, -0.2) is 10.9 Å². The number of nitrogens with one attached hydrogen (secondary N) is 1. The first-order chi connectivity index (χ1) is 13.3. The van der Waals surface area contributed by atoms with E-state index in [2.05, 4.69) is 54.1 Å². The van der Waals surface area contributed by atoms with Crippen LogP contribution in [-0.2, 0) is 0 Å². The highest BCUT2D eigenvalue weighted by Crippen LogP contribution is 2.36. The largest absolute Gasteiger partial charge is 0.410 e. The molecular formula is C21H19BrCl2N2OS. The molecule has 0 aliphatic rings. The fraction of sp³-hybridized carbons (Fsp3) is 0.190. The quantitative estimate of drug-likeness (QED) is 0.217. The minimum atomic E-state index is 0.360. The molecule has 3 rings (SSSR count). The van der Waals surface area contributed by atoms with Crippen molar-refractivity contribution in [1.29, 1.82) is 0 Å². The van der Waals surface area contributed by atoms with Gasteiger partial charge >= 0.3 is 0 Å². The summed E-state index contributed by atoms with van der Waals surface area (Å²) in [5.41, 5.74) is 7.67. The van der Waals surface area contributed by atoms with Crippen molar-refractivity contribution in [3.05, 3.63) is 76.9 Å². The molecule has 0 aliphatic carbocycles. The Morgan fingerprint density at radius 1 is 1.00 bits per heavy atom. The Hall–Kier alpha value is -1.53. The predicted molar refractivity (Wildman–Crippen MR) is 125 cm³/mol. The van der Waals surface area contributed by atoms with Gasteiger partial charge in [-0.25, -0.2) is 0 Å². The SMILES string of the molecule is Cc1c(C)c(Nc2ccc(/C(=N/O)c3sccc3Cl)c(Cl)c2)c(C)c(C)c1Br. The molecule has 0 spiro atoms. The second kappa shape index (κ2) is 8.46. The van der Waals surface area contributed by atoms with Gasteiger partial charge in [0, 0.05) is 21.4 Å². The number of benzene rings is 2. The van der Waals surface area contributed by atoms with Crippen LogP contribution in [0.3, 0.4) is 0 Å². The topological polar surface area (TPSA) is 44.6 Å². The standard InChI is InChI=1S/C21H19BrCl2N2OS/c1-10-12(3)19(13(4)11(2)18(10)22)25-14-5-6-15(17(24)9-14)20(26-27)21-16(23)7-8-28-21/h5-9,25,27H,1-4H3/b26-20-. The summed E-state index contributed by atoms with van der Waals surface area (Å²) in [5.74, 6) is 0. The van der Waals surface area contributed by atoms with Crippen LogP contribution < -0.4 is 5.32 Å². The minimum absolute atomic E-state index is 0.360. The zero-order chi connectivity index (χ0) is 20.6. The van der Waals surface area contributed by atoms with Gasteiger partial charge in [0.05, 0.1) is 14.9 Å². The molecule has 0 bridgehead atoms. The molecule has 7 heteroatoms. The Morgan fingerprint density at radius 2 is 1.64 bits per heavy atom. The average Bonchev–Trinajstić information content (AvgIpc) is 3.10. The maximum Gasteiger partial charge on any atom is 0.130 e. The van der Waals surface area contributed by atoms with Crippen molar-refractivity contribution in [3.8, 4) is 0 Å². The number of hydrogen-bond acceptors (Lipinski definition) is 4.